The summed E-state index contributed by atoms with van der Waals surface area (Å²) in [5, 5.41) is 2.46. The van der Waals surface area contributed by atoms with Gasteiger partial charge < -0.3 is 9.30 Å². The molecule has 0 aliphatic carbocycles. The molecule has 31 heavy (non-hydrogen) atoms. The summed E-state index contributed by atoms with van der Waals surface area (Å²) >= 11 is 0. The van der Waals surface area contributed by atoms with Crippen LogP contribution < -0.4 is 4.74 Å². The summed E-state index contributed by atoms with van der Waals surface area (Å²) in [5.41, 5.74) is 4.23. The number of fused-ring (bicyclic) bond motifs is 1. The summed E-state index contributed by atoms with van der Waals surface area (Å²) in [7, 11) is 0. The summed E-state index contributed by atoms with van der Waals surface area (Å²) in [6, 6.07) is 34.8. The van der Waals surface area contributed by atoms with Gasteiger partial charge in [0, 0.05) is 11.9 Å². The fourth-order valence-corrected chi connectivity index (χ4v) is 3.54. The average molecular weight is 402 g/mol. The molecule has 0 aliphatic rings. The van der Waals surface area contributed by atoms with E-state index in [1.165, 1.54) is 16.3 Å². The number of hydrogen-bond acceptors (Lipinski definition) is 2. The zero-order valence-electron chi connectivity index (χ0n) is 17.3. The first-order valence-electron chi connectivity index (χ1n) is 10.3. The van der Waals surface area contributed by atoms with E-state index in [9.17, 15) is 0 Å². The van der Waals surface area contributed by atoms with Crippen molar-refractivity contribution < 1.29 is 4.74 Å². The van der Waals surface area contributed by atoms with Crippen LogP contribution in [0.2, 0.25) is 0 Å². The molecule has 0 aliphatic heterocycles. The van der Waals surface area contributed by atoms with Crippen molar-refractivity contribution in [3.8, 4) is 17.2 Å². The zero-order chi connectivity index (χ0) is 21.0. The standard InChI is InChI=1S/C28H22N2O/c1-21-8-14-27(15-9-21)31-28-16-11-24(12-17-28)29-20-26-7-4-18-30(26)25-13-10-22-5-2-3-6-23(22)19-25/h2-20H,1H3. The van der Waals surface area contributed by atoms with Gasteiger partial charge in [-0.05, 0) is 78.4 Å². The largest absolute Gasteiger partial charge is 0.457 e. The second kappa shape index (κ2) is 8.33. The van der Waals surface area contributed by atoms with E-state index in [1.54, 1.807) is 0 Å². The average Bonchev–Trinajstić information content (AvgIpc) is 3.28. The lowest BCUT2D eigenvalue weighted by molar-refractivity contribution is 0.482. The maximum atomic E-state index is 5.89. The third-order valence-electron chi connectivity index (χ3n) is 5.23. The minimum atomic E-state index is 0.794. The molecule has 3 nitrogen and oxygen atoms in total. The Balaban J connectivity index is 1.34. The van der Waals surface area contributed by atoms with Gasteiger partial charge in [0.15, 0.2) is 0 Å². The molecule has 0 saturated heterocycles. The van der Waals surface area contributed by atoms with Crippen molar-refractivity contribution in [1.82, 2.24) is 4.57 Å². The summed E-state index contributed by atoms with van der Waals surface area (Å²) in [6.45, 7) is 2.06. The Hall–Kier alpha value is -4.11. The first-order chi connectivity index (χ1) is 15.2. The van der Waals surface area contributed by atoms with Crippen molar-refractivity contribution in [2.24, 2.45) is 4.99 Å². The zero-order valence-corrected chi connectivity index (χ0v) is 17.3. The van der Waals surface area contributed by atoms with Gasteiger partial charge in [0.25, 0.3) is 0 Å². The van der Waals surface area contributed by atoms with Gasteiger partial charge in [-0.1, -0.05) is 48.0 Å². The Kier molecular flexibility index (Phi) is 5.07. The quantitative estimate of drug-likeness (QED) is 0.280. The summed E-state index contributed by atoms with van der Waals surface area (Å²) < 4.78 is 8.04. The topological polar surface area (TPSA) is 26.5 Å². The highest BCUT2D eigenvalue weighted by Crippen LogP contribution is 2.25. The number of rotatable bonds is 5. The van der Waals surface area contributed by atoms with Crippen molar-refractivity contribution in [3.05, 3.63) is 121 Å². The number of aliphatic imine (C=N–C) groups is 1. The summed E-state index contributed by atoms with van der Waals surface area (Å²) in [4.78, 5) is 4.66. The molecule has 0 amide bonds. The lowest BCUT2D eigenvalue weighted by Gasteiger charge is -2.08. The highest BCUT2D eigenvalue weighted by atomic mass is 16.5. The van der Waals surface area contributed by atoms with E-state index in [0.29, 0.717) is 0 Å². The lowest BCUT2D eigenvalue weighted by atomic mass is 10.1. The fraction of sp³-hybridized carbons (Fsp3) is 0.0357. The highest BCUT2D eigenvalue weighted by molar-refractivity contribution is 5.86. The molecule has 0 spiro atoms. The Bertz CT molecular complexity index is 1350. The Labute approximate surface area is 181 Å². The maximum Gasteiger partial charge on any atom is 0.127 e. The highest BCUT2D eigenvalue weighted by Gasteiger charge is 2.03. The number of aromatic nitrogens is 1. The third-order valence-corrected chi connectivity index (χ3v) is 5.23. The van der Waals surface area contributed by atoms with Crippen molar-refractivity contribution in [1.29, 1.82) is 0 Å². The summed E-state index contributed by atoms with van der Waals surface area (Å²) in [6.07, 6.45) is 3.95. The normalized spacial score (nSPS) is 11.3. The number of ether oxygens (including phenoxy) is 1. The van der Waals surface area contributed by atoms with Gasteiger partial charge in [-0.3, -0.25) is 4.99 Å². The molecule has 5 rings (SSSR count). The van der Waals surface area contributed by atoms with Crippen LogP contribution in [-0.4, -0.2) is 10.8 Å². The van der Waals surface area contributed by atoms with Crippen molar-refractivity contribution in [2.75, 3.05) is 0 Å². The van der Waals surface area contributed by atoms with Crippen LogP contribution in [0, 0.1) is 6.92 Å². The van der Waals surface area contributed by atoms with Crippen LogP contribution in [0.4, 0.5) is 5.69 Å². The second-order valence-corrected chi connectivity index (χ2v) is 7.50. The van der Waals surface area contributed by atoms with E-state index in [0.717, 1.165) is 28.6 Å². The van der Waals surface area contributed by atoms with Crippen LogP contribution in [0.1, 0.15) is 11.3 Å². The lowest BCUT2D eigenvalue weighted by Crippen LogP contribution is -1.97. The molecule has 0 radical (unpaired) electrons. The predicted octanol–water partition coefficient (Wildman–Crippen LogP) is 7.48. The molecule has 150 valence electrons. The van der Waals surface area contributed by atoms with E-state index in [2.05, 4.69) is 71.2 Å². The number of aryl methyl sites for hydroxylation is 1. The first-order valence-corrected chi connectivity index (χ1v) is 10.3. The number of hydrogen-bond donors (Lipinski definition) is 0. The third kappa shape index (κ3) is 4.26. The molecule has 3 heteroatoms. The molecule has 0 N–H and O–H groups in total. The van der Waals surface area contributed by atoms with Crippen molar-refractivity contribution in [3.63, 3.8) is 0 Å². The fourth-order valence-electron chi connectivity index (χ4n) is 3.54. The van der Waals surface area contributed by atoms with E-state index in [4.69, 9.17) is 4.74 Å². The number of nitrogens with zero attached hydrogens (tertiary/aromatic N) is 2. The first kappa shape index (κ1) is 18.9. The minimum absolute atomic E-state index is 0.794. The van der Waals surface area contributed by atoms with Crippen LogP contribution >= 0.6 is 0 Å². The van der Waals surface area contributed by atoms with Gasteiger partial charge in [0.2, 0.25) is 0 Å². The van der Waals surface area contributed by atoms with Gasteiger partial charge in [0.05, 0.1) is 17.6 Å². The molecule has 0 unspecified atom stereocenters. The van der Waals surface area contributed by atoms with Crippen LogP contribution in [0.15, 0.2) is 114 Å². The SMILES string of the molecule is Cc1ccc(Oc2ccc(N=Cc3cccn3-c3ccc4ccccc4c3)cc2)cc1. The Morgan fingerprint density at radius 2 is 1.42 bits per heavy atom. The molecule has 1 aromatic heterocycles. The molecule has 5 aromatic rings. The Morgan fingerprint density at radius 3 is 2.19 bits per heavy atom. The monoisotopic (exact) mass is 402 g/mol. The summed E-state index contributed by atoms with van der Waals surface area (Å²) in [5.74, 6) is 1.62. The molecule has 4 aromatic carbocycles. The molecular weight excluding hydrogens is 380 g/mol. The van der Waals surface area contributed by atoms with Gasteiger partial charge in [-0.25, -0.2) is 0 Å². The van der Waals surface area contributed by atoms with E-state index >= 15 is 0 Å². The van der Waals surface area contributed by atoms with Gasteiger partial charge in [-0.2, -0.15) is 0 Å². The second-order valence-electron chi connectivity index (χ2n) is 7.50. The maximum absolute atomic E-state index is 5.89. The Morgan fingerprint density at radius 1 is 0.710 bits per heavy atom. The van der Waals surface area contributed by atoms with Crippen LogP contribution in [0.3, 0.4) is 0 Å². The van der Waals surface area contributed by atoms with E-state index in [1.807, 2.05) is 60.8 Å². The van der Waals surface area contributed by atoms with Crippen molar-refractivity contribution in [2.45, 2.75) is 6.92 Å². The smallest absolute Gasteiger partial charge is 0.127 e. The van der Waals surface area contributed by atoms with E-state index in [-0.39, 0.29) is 0 Å². The predicted molar refractivity (Wildman–Crippen MR) is 128 cm³/mol. The molecule has 0 fully saturated rings. The molecule has 1 heterocycles. The molecule has 0 atom stereocenters. The van der Waals surface area contributed by atoms with Crippen LogP contribution in [0.5, 0.6) is 11.5 Å². The van der Waals surface area contributed by atoms with Gasteiger partial charge in [-0.15, -0.1) is 0 Å². The molecule has 0 saturated carbocycles. The van der Waals surface area contributed by atoms with E-state index < -0.39 is 0 Å². The minimum Gasteiger partial charge on any atom is -0.457 e. The van der Waals surface area contributed by atoms with Crippen molar-refractivity contribution >= 4 is 22.7 Å². The molecular formula is C28H22N2O. The van der Waals surface area contributed by atoms with Crippen LogP contribution in [-0.2, 0) is 0 Å². The van der Waals surface area contributed by atoms with Crippen LogP contribution in [0.25, 0.3) is 16.5 Å². The van der Waals surface area contributed by atoms with Gasteiger partial charge >= 0.3 is 0 Å². The van der Waals surface area contributed by atoms with Gasteiger partial charge in [0.1, 0.15) is 11.5 Å². The number of benzene rings is 4. The molecule has 0 bridgehead atoms.